The number of hydrogen-bond donors (Lipinski definition) is 1. The molecule has 32 heavy (non-hydrogen) atoms. The number of nitrogens with one attached hydrogen (secondary N) is 1. The molecule has 0 aliphatic carbocycles. The number of nitrogens with zero attached hydrogens (tertiary/aromatic N) is 4. The predicted octanol–water partition coefficient (Wildman–Crippen LogP) is 2.42. The van der Waals surface area contributed by atoms with Gasteiger partial charge in [-0.2, -0.15) is 0 Å². The highest BCUT2D eigenvalue weighted by Crippen LogP contribution is 2.33. The van der Waals surface area contributed by atoms with E-state index < -0.39 is 23.1 Å². The Kier molecular flexibility index (Phi) is 6.23. The van der Waals surface area contributed by atoms with Gasteiger partial charge in [0, 0.05) is 13.0 Å². The maximum absolute atomic E-state index is 14.1. The van der Waals surface area contributed by atoms with Gasteiger partial charge in [-0.15, -0.1) is 5.10 Å². The van der Waals surface area contributed by atoms with Crippen LogP contribution < -0.4 is 5.32 Å². The summed E-state index contributed by atoms with van der Waals surface area (Å²) in [4.78, 5) is 26.3. The van der Waals surface area contributed by atoms with Crippen molar-refractivity contribution in [2.75, 3.05) is 13.1 Å². The minimum absolute atomic E-state index is 0.0408. The molecule has 1 N–H and O–H groups in total. The fourth-order valence-electron chi connectivity index (χ4n) is 4.31. The third kappa shape index (κ3) is 4.64. The van der Waals surface area contributed by atoms with Gasteiger partial charge in [0.2, 0.25) is 5.91 Å². The molecule has 2 aromatic rings. The second kappa shape index (κ2) is 8.93. The van der Waals surface area contributed by atoms with Gasteiger partial charge in [-0.05, 0) is 37.0 Å². The molecule has 4 rings (SSSR count). The number of hydrogen-bond acceptors (Lipinski definition) is 5. The molecule has 0 saturated carbocycles. The number of halogens is 2. The van der Waals surface area contributed by atoms with Gasteiger partial charge < -0.3 is 15.0 Å². The standard InChI is InChI=1S/C22H27F2N5O3/c1-14(2)8-20(30)25-10-18-19-11-32-22(13-29(19)27-26-18)6-3-7-28(12-22)21(31)16-9-15(23)4-5-17(16)24/h4-5,9,14H,3,6-8,10-13H2,1-2H3,(H,25,30). The van der Waals surface area contributed by atoms with Gasteiger partial charge in [0.25, 0.3) is 5.91 Å². The average molecular weight is 447 g/mol. The third-order valence-electron chi connectivity index (χ3n) is 5.90. The number of carbonyl (C=O) groups excluding carboxylic acids is 2. The van der Waals surface area contributed by atoms with E-state index in [9.17, 15) is 18.4 Å². The summed E-state index contributed by atoms with van der Waals surface area (Å²) < 4.78 is 35.6. The maximum Gasteiger partial charge on any atom is 0.257 e. The third-order valence-corrected chi connectivity index (χ3v) is 5.90. The summed E-state index contributed by atoms with van der Waals surface area (Å²) in [6.07, 6.45) is 1.83. The molecule has 1 spiro atoms. The molecule has 3 heterocycles. The van der Waals surface area contributed by atoms with Gasteiger partial charge in [0.1, 0.15) is 22.9 Å². The number of likely N-dealkylation sites (tertiary alicyclic amines) is 1. The summed E-state index contributed by atoms with van der Waals surface area (Å²) in [7, 11) is 0. The quantitative estimate of drug-likeness (QED) is 0.761. The Morgan fingerprint density at radius 1 is 1.28 bits per heavy atom. The fourth-order valence-corrected chi connectivity index (χ4v) is 4.31. The van der Waals surface area contributed by atoms with Gasteiger partial charge in [-0.1, -0.05) is 19.1 Å². The smallest absolute Gasteiger partial charge is 0.257 e. The Bertz CT molecular complexity index is 1020. The molecule has 1 aromatic carbocycles. The van der Waals surface area contributed by atoms with Crippen molar-refractivity contribution in [1.29, 1.82) is 0 Å². The highest BCUT2D eigenvalue weighted by Gasteiger charge is 2.43. The summed E-state index contributed by atoms with van der Waals surface area (Å²) in [5, 5.41) is 11.3. The Labute approximate surface area is 184 Å². The summed E-state index contributed by atoms with van der Waals surface area (Å²) in [5.74, 6) is -1.73. The van der Waals surface area contributed by atoms with Crippen molar-refractivity contribution in [1.82, 2.24) is 25.2 Å². The molecule has 1 aromatic heterocycles. The molecular formula is C22H27F2N5O3. The molecule has 1 fully saturated rings. The van der Waals surface area contributed by atoms with Crippen LogP contribution in [0.15, 0.2) is 18.2 Å². The van der Waals surface area contributed by atoms with E-state index in [1.165, 1.54) is 4.90 Å². The van der Waals surface area contributed by atoms with Gasteiger partial charge in [0.05, 0.1) is 37.5 Å². The topological polar surface area (TPSA) is 89.3 Å². The minimum atomic E-state index is -0.747. The van der Waals surface area contributed by atoms with Gasteiger partial charge in [0.15, 0.2) is 0 Å². The maximum atomic E-state index is 14.1. The number of aromatic nitrogens is 3. The lowest BCUT2D eigenvalue weighted by Crippen LogP contribution is -2.55. The number of amides is 2. The van der Waals surface area contributed by atoms with Crippen molar-refractivity contribution in [3.63, 3.8) is 0 Å². The predicted molar refractivity (Wildman–Crippen MR) is 110 cm³/mol. The lowest BCUT2D eigenvalue weighted by Gasteiger charge is -2.44. The zero-order valence-corrected chi connectivity index (χ0v) is 18.2. The molecule has 10 heteroatoms. The van der Waals surface area contributed by atoms with Crippen LogP contribution in [0.25, 0.3) is 0 Å². The van der Waals surface area contributed by atoms with E-state index in [1.807, 2.05) is 13.8 Å². The molecule has 2 aliphatic rings. The van der Waals surface area contributed by atoms with Crippen LogP contribution in [-0.2, 0) is 29.2 Å². The molecular weight excluding hydrogens is 420 g/mol. The van der Waals surface area contributed by atoms with Crippen LogP contribution in [0, 0.1) is 17.6 Å². The molecule has 1 saturated heterocycles. The second-order valence-corrected chi connectivity index (χ2v) is 8.94. The summed E-state index contributed by atoms with van der Waals surface area (Å²) >= 11 is 0. The van der Waals surface area contributed by atoms with Gasteiger partial charge >= 0.3 is 0 Å². The Balaban J connectivity index is 1.44. The first-order valence-corrected chi connectivity index (χ1v) is 10.8. The minimum Gasteiger partial charge on any atom is -0.365 e. The fraction of sp³-hybridized carbons (Fsp3) is 0.545. The van der Waals surface area contributed by atoms with Crippen molar-refractivity contribution in [3.05, 3.63) is 46.8 Å². The largest absolute Gasteiger partial charge is 0.365 e. The van der Waals surface area contributed by atoms with Crippen molar-refractivity contribution in [2.24, 2.45) is 5.92 Å². The van der Waals surface area contributed by atoms with Crippen molar-refractivity contribution < 1.29 is 23.1 Å². The molecule has 0 radical (unpaired) electrons. The number of rotatable bonds is 5. The molecule has 172 valence electrons. The average Bonchev–Trinajstić information content (AvgIpc) is 3.14. The highest BCUT2D eigenvalue weighted by molar-refractivity contribution is 5.94. The molecule has 1 atom stereocenters. The number of carbonyl (C=O) groups is 2. The van der Waals surface area contributed by atoms with Gasteiger partial charge in [-0.3, -0.25) is 9.59 Å². The van der Waals surface area contributed by atoms with Crippen LogP contribution in [-0.4, -0.2) is 50.4 Å². The van der Waals surface area contributed by atoms with Crippen LogP contribution in [0.5, 0.6) is 0 Å². The molecule has 1 unspecified atom stereocenters. The van der Waals surface area contributed by atoms with Crippen LogP contribution in [0.3, 0.4) is 0 Å². The van der Waals surface area contributed by atoms with Crippen molar-refractivity contribution >= 4 is 11.8 Å². The second-order valence-electron chi connectivity index (χ2n) is 8.94. The van der Waals surface area contributed by atoms with Crippen molar-refractivity contribution in [3.8, 4) is 0 Å². The zero-order valence-electron chi connectivity index (χ0n) is 18.2. The number of piperidine rings is 1. The van der Waals surface area contributed by atoms with E-state index in [4.69, 9.17) is 4.74 Å². The summed E-state index contributed by atoms with van der Waals surface area (Å²) in [6, 6.07) is 2.88. The monoisotopic (exact) mass is 447 g/mol. The Morgan fingerprint density at radius 2 is 2.09 bits per heavy atom. The van der Waals surface area contributed by atoms with E-state index in [0.717, 1.165) is 23.9 Å². The first kappa shape index (κ1) is 22.3. The Morgan fingerprint density at radius 3 is 2.88 bits per heavy atom. The zero-order chi connectivity index (χ0) is 22.9. The number of fused-ring (bicyclic) bond motifs is 1. The van der Waals surface area contributed by atoms with Crippen molar-refractivity contribution in [2.45, 2.75) is 58.4 Å². The van der Waals surface area contributed by atoms with E-state index >= 15 is 0 Å². The van der Waals surface area contributed by atoms with Gasteiger partial charge in [-0.25, -0.2) is 13.5 Å². The van der Waals surface area contributed by atoms with E-state index in [2.05, 4.69) is 15.6 Å². The van der Waals surface area contributed by atoms with Crippen LogP contribution in [0.4, 0.5) is 8.78 Å². The first-order chi connectivity index (χ1) is 15.3. The molecule has 8 nitrogen and oxygen atoms in total. The lowest BCUT2D eigenvalue weighted by atomic mass is 9.90. The van der Waals surface area contributed by atoms with Crippen LogP contribution in [0.2, 0.25) is 0 Å². The summed E-state index contributed by atoms with van der Waals surface area (Å²) in [6.45, 7) is 5.57. The number of ether oxygens (including phenoxy) is 1. The number of benzene rings is 1. The van der Waals surface area contributed by atoms with E-state index in [0.29, 0.717) is 38.0 Å². The lowest BCUT2D eigenvalue weighted by molar-refractivity contribution is -0.123. The Hall–Kier alpha value is -2.88. The SMILES string of the molecule is CC(C)CC(=O)NCc1nnn2c1COC1(CCCN(C(=O)c3cc(F)ccc3F)C1)C2. The van der Waals surface area contributed by atoms with E-state index in [1.54, 1.807) is 4.68 Å². The van der Waals surface area contributed by atoms with Crippen LogP contribution >= 0.6 is 0 Å². The molecule has 0 bridgehead atoms. The van der Waals surface area contributed by atoms with Crippen LogP contribution in [0.1, 0.15) is 54.9 Å². The molecule has 2 amide bonds. The van der Waals surface area contributed by atoms with E-state index in [-0.39, 0.29) is 37.1 Å². The normalized spacial score (nSPS) is 20.5. The molecule has 2 aliphatic heterocycles. The summed E-state index contributed by atoms with van der Waals surface area (Å²) in [5.41, 5.74) is 0.498. The first-order valence-electron chi connectivity index (χ1n) is 10.8. The highest BCUT2D eigenvalue weighted by atomic mass is 19.1.